The second kappa shape index (κ2) is 6.58. The zero-order valence-corrected chi connectivity index (χ0v) is 11.3. The first kappa shape index (κ1) is 14.8. The lowest BCUT2D eigenvalue weighted by molar-refractivity contribution is -0.141. The summed E-state index contributed by atoms with van der Waals surface area (Å²) >= 11 is 0. The van der Waals surface area contributed by atoms with Crippen molar-refractivity contribution in [3.05, 3.63) is 0 Å². The van der Waals surface area contributed by atoms with Crippen molar-refractivity contribution >= 4 is 12.0 Å². The quantitative estimate of drug-likeness (QED) is 0.700. The molecular formula is C12H23N3O3. The van der Waals surface area contributed by atoms with Crippen LogP contribution in [-0.4, -0.2) is 66.2 Å². The van der Waals surface area contributed by atoms with Crippen molar-refractivity contribution in [1.82, 2.24) is 15.1 Å². The number of nitrogens with one attached hydrogen (secondary N) is 1. The number of nitrogens with zero attached hydrogens (tertiary/aromatic N) is 2. The lowest BCUT2D eigenvalue weighted by Crippen LogP contribution is -2.48. The van der Waals surface area contributed by atoms with Crippen LogP contribution in [0.3, 0.4) is 0 Å². The van der Waals surface area contributed by atoms with E-state index in [0.29, 0.717) is 19.0 Å². The molecule has 0 aromatic heterocycles. The van der Waals surface area contributed by atoms with Crippen LogP contribution in [0.1, 0.15) is 26.2 Å². The molecule has 0 aromatic carbocycles. The molecule has 0 saturated heterocycles. The minimum absolute atomic E-state index is 0.326. The van der Waals surface area contributed by atoms with Crippen LogP contribution in [0.2, 0.25) is 0 Å². The Balaban J connectivity index is 2.27. The van der Waals surface area contributed by atoms with Crippen LogP contribution in [0, 0.1) is 0 Å². The number of aliphatic carboxylic acids is 1. The Morgan fingerprint density at radius 1 is 1.39 bits per heavy atom. The van der Waals surface area contributed by atoms with Gasteiger partial charge in [0.05, 0.1) is 0 Å². The smallest absolute Gasteiger partial charge is 0.326 e. The molecule has 1 saturated carbocycles. The average Bonchev–Trinajstić information content (AvgIpc) is 3.12. The maximum absolute atomic E-state index is 11.7. The second-order valence-electron chi connectivity index (χ2n) is 4.82. The van der Waals surface area contributed by atoms with E-state index in [1.165, 1.54) is 24.8 Å². The van der Waals surface area contributed by atoms with Gasteiger partial charge in [-0.1, -0.05) is 6.92 Å². The van der Waals surface area contributed by atoms with Gasteiger partial charge < -0.3 is 20.2 Å². The number of hydrogen-bond acceptors (Lipinski definition) is 3. The molecule has 0 bridgehead atoms. The van der Waals surface area contributed by atoms with Crippen molar-refractivity contribution in [1.29, 1.82) is 0 Å². The summed E-state index contributed by atoms with van der Waals surface area (Å²) in [6.07, 6.45) is 2.88. The predicted molar refractivity (Wildman–Crippen MR) is 68.5 cm³/mol. The Hall–Kier alpha value is -1.30. The SMILES string of the molecule is CCC(C(=O)O)N(C)C(=O)NCCN(C)C1CC1. The summed E-state index contributed by atoms with van der Waals surface area (Å²) in [5.41, 5.74) is 0. The Bertz CT molecular complexity index is 305. The Kier molecular flexibility index (Phi) is 5.40. The monoisotopic (exact) mass is 257 g/mol. The molecule has 2 amide bonds. The third-order valence-corrected chi connectivity index (χ3v) is 3.37. The predicted octanol–water partition coefficient (Wildman–Crippen LogP) is 0.585. The van der Waals surface area contributed by atoms with Gasteiger partial charge in [0, 0.05) is 26.2 Å². The molecule has 1 aliphatic rings. The van der Waals surface area contributed by atoms with E-state index in [4.69, 9.17) is 5.11 Å². The molecule has 2 N–H and O–H groups in total. The van der Waals surface area contributed by atoms with Crippen LogP contribution in [0.25, 0.3) is 0 Å². The van der Waals surface area contributed by atoms with Gasteiger partial charge in [-0.15, -0.1) is 0 Å². The summed E-state index contributed by atoms with van der Waals surface area (Å²) in [6.45, 7) is 3.10. The highest BCUT2D eigenvalue weighted by molar-refractivity contribution is 5.82. The maximum atomic E-state index is 11.7. The van der Waals surface area contributed by atoms with Gasteiger partial charge in [-0.2, -0.15) is 0 Å². The highest BCUT2D eigenvalue weighted by Gasteiger charge is 2.26. The number of carbonyl (C=O) groups excluding carboxylic acids is 1. The maximum Gasteiger partial charge on any atom is 0.326 e. The number of hydrogen-bond donors (Lipinski definition) is 2. The van der Waals surface area contributed by atoms with Gasteiger partial charge in [0.25, 0.3) is 0 Å². The van der Waals surface area contributed by atoms with Crippen molar-refractivity contribution in [2.45, 2.75) is 38.3 Å². The molecule has 6 nitrogen and oxygen atoms in total. The zero-order valence-electron chi connectivity index (χ0n) is 11.3. The molecule has 1 rings (SSSR count). The van der Waals surface area contributed by atoms with Crippen molar-refractivity contribution in [2.75, 3.05) is 27.2 Å². The molecule has 0 radical (unpaired) electrons. The summed E-state index contributed by atoms with van der Waals surface area (Å²) < 4.78 is 0. The van der Waals surface area contributed by atoms with Crippen molar-refractivity contribution in [3.8, 4) is 0 Å². The van der Waals surface area contributed by atoms with E-state index in [0.717, 1.165) is 6.54 Å². The molecule has 1 aliphatic carbocycles. The summed E-state index contributed by atoms with van der Waals surface area (Å²) in [5.74, 6) is -0.967. The largest absolute Gasteiger partial charge is 0.480 e. The van der Waals surface area contributed by atoms with Crippen LogP contribution in [-0.2, 0) is 4.79 Å². The van der Waals surface area contributed by atoms with E-state index in [-0.39, 0.29) is 6.03 Å². The average molecular weight is 257 g/mol. The van der Waals surface area contributed by atoms with Gasteiger partial charge in [0.1, 0.15) is 6.04 Å². The number of carbonyl (C=O) groups is 2. The van der Waals surface area contributed by atoms with Gasteiger partial charge >= 0.3 is 12.0 Å². The van der Waals surface area contributed by atoms with Gasteiger partial charge in [-0.3, -0.25) is 0 Å². The highest BCUT2D eigenvalue weighted by Crippen LogP contribution is 2.24. The number of amides is 2. The molecule has 0 spiro atoms. The fraction of sp³-hybridized carbons (Fsp3) is 0.833. The summed E-state index contributed by atoms with van der Waals surface area (Å²) in [7, 11) is 3.56. The summed E-state index contributed by atoms with van der Waals surface area (Å²) in [5, 5.41) is 11.7. The molecular weight excluding hydrogens is 234 g/mol. The van der Waals surface area contributed by atoms with Gasteiger partial charge in [0.15, 0.2) is 0 Å². The molecule has 0 heterocycles. The van der Waals surface area contributed by atoms with Crippen LogP contribution >= 0.6 is 0 Å². The molecule has 1 fully saturated rings. The van der Waals surface area contributed by atoms with E-state index in [1.807, 2.05) is 7.05 Å². The second-order valence-corrected chi connectivity index (χ2v) is 4.82. The van der Waals surface area contributed by atoms with Crippen molar-refractivity contribution < 1.29 is 14.7 Å². The highest BCUT2D eigenvalue weighted by atomic mass is 16.4. The van der Waals surface area contributed by atoms with Crippen LogP contribution in [0.5, 0.6) is 0 Å². The fourth-order valence-corrected chi connectivity index (χ4v) is 1.92. The number of carboxylic acids is 1. The number of carboxylic acid groups (broad SMARTS) is 1. The normalized spacial score (nSPS) is 16.4. The Morgan fingerprint density at radius 3 is 2.44 bits per heavy atom. The van der Waals surface area contributed by atoms with E-state index in [2.05, 4.69) is 10.2 Å². The lowest BCUT2D eigenvalue weighted by Gasteiger charge is -2.24. The van der Waals surface area contributed by atoms with Gasteiger partial charge in [-0.25, -0.2) is 9.59 Å². The summed E-state index contributed by atoms with van der Waals surface area (Å²) in [6, 6.07) is -0.415. The molecule has 0 aromatic rings. The molecule has 0 aliphatic heterocycles. The lowest BCUT2D eigenvalue weighted by atomic mass is 10.2. The van der Waals surface area contributed by atoms with Gasteiger partial charge in [-0.05, 0) is 26.3 Å². The van der Waals surface area contributed by atoms with E-state index in [9.17, 15) is 9.59 Å². The van der Waals surface area contributed by atoms with E-state index < -0.39 is 12.0 Å². The standard InChI is InChI=1S/C12H23N3O3/c1-4-10(11(16)17)15(3)12(18)13-7-8-14(2)9-5-6-9/h9-10H,4-8H2,1-3H3,(H,13,18)(H,16,17). The first-order valence-corrected chi connectivity index (χ1v) is 6.41. The molecule has 18 heavy (non-hydrogen) atoms. The van der Waals surface area contributed by atoms with Crippen LogP contribution in [0.15, 0.2) is 0 Å². The van der Waals surface area contributed by atoms with Gasteiger partial charge in [0.2, 0.25) is 0 Å². The Labute approximate surface area is 108 Å². The first-order chi connectivity index (χ1) is 8.47. The number of likely N-dealkylation sites (N-methyl/N-ethyl adjacent to an activating group) is 2. The van der Waals surface area contributed by atoms with E-state index in [1.54, 1.807) is 6.92 Å². The van der Waals surface area contributed by atoms with E-state index >= 15 is 0 Å². The Morgan fingerprint density at radius 2 is 2.00 bits per heavy atom. The molecule has 104 valence electrons. The molecule has 6 heteroatoms. The van der Waals surface area contributed by atoms with Crippen LogP contribution in [0.4, 0.5) is 4.79 Å². The molecule has 1 unspecified atom stereocenters. The van der Waals surface area contributed by atoms with Crippen LogP contribution < -0.4 is 5.32 Å². The topological polar surface area (TPSA) is 72.9 Å². The van der Waals surface area contributed by atoms with Crippen molar-refractivity contribution in [3.63, 3.8) is 0 Å². The third kappa shape index (κ3) is 4.18. The first-order valence-electron chi connectivity index (χ1n) is 6.41. The molecule has 1 atom stereocenters. The number of rotatable bonds is 7. The minimum atomic E-state index is -0.967. The summed E-state index contributed by atoms with van der Waals surface area (Å²) in [4.78, 5) is 26.1. The zero-order chi connectivity index (χ0) is 13.7. The van der Waals surface area contributed by atoms with Crippen molar-refractivity contribution in [2.24, 2.45) is 0 Å². The minimum Gasteiger partial charge on any atom is -0.480 e. The number of urea groups is 1. The fourth-order valence-electron chi connectivity index (χ4n) is 1.92. The third-order valence-electron chi connectivity index (χ3n) is 3.37.